The Morgan fingerprint density at radius 1 is 1.04 bits per heavy atom. The fourth-order valence-electron chi connectivity index (χ4n) is 2.24. The summed E-state index contributed by atoms with van der Waals surface area (Å²) in [5.74, 6) is -0.374. The zero-order valence-electron chi connectivity index (χ0n) is 14.4. The summed E-state index contributed by atoms with van der Waals surface area (Å²) in [7, 11) is 0. The highest BCUT2D eigenvalue weighted by molar-refractivity contribution is 6.32. The van der Waals surface area contributed by atoms with Gasteiger partial charge in [-0.05, 0) is 55.3 Å². The SMILES string of the molecule is Cc1cc(Oc2ccc(C(F)(F)F)cc2N=C(N)N=C(N)N)cc(C)c1Cl. The predicted octanol–water partition coefficient (Wildman–Crippen LogP) is 3.99. The average molecular weight is 400 g/mol. The van der Waals surface area contributed by atoms with Gasteiger partial charge < -0.3 is 21.9 Å². The number of alkyl halides is 3. The van der Waals surface area contributed by atoms with Crippen LogP contribution in [0.5, 0.6) is 11.5 Å². The maximum atomic E-state index is 13.0. The topological polar surface area (TPSA) is 112 Å². The van der Waals surface area contributed by atoms with E-state index in [0.717, 1.165) is 29.3 Å². The minimum absolute atomic E-state index is 0.0397. The molecule has 0 bridgehead atoms. The van der Waals surface area contributed by atoms with Crippen LogP contribution >= 0.6 is 11.6 Å². The van der Waals surface area contributed by atoms with Gasteiger partial charge in [0.2, 0.25) is 5.96 Å². The number of nitrogens with two attached hydrogens (primary N) is 3. The first-order chi connectivity index (χ1) is 12.5. The van der Waals surface area contributed by atoms with E-state index >= 15 is 0 Å². The first-order valence-electron chi connectivity index (χ1n) is 7.57. The summed E-state index contributed by atoms with van der Waals surface area (Å²) in [6.07, 6.45) is -4.57. The Balaban J connectivity index is 2.53. The van der Waals surface area contributed by atoms with Crippen LogP contribution in [0.25, 0.3) is 0 Å². The van der Waals surface area contributed by atoms with Crippen LogP contribution in [-0.4, -0.2) is 11.9 Å². The summed E-state index contributed by atoms with van der Waals surface area (Å²) < 4.78 is 44.8. The zero-order valence-corrected chi connectivity index (χ0v) is 15.2. The van der Waals surface area contributed by atoms with E-state index < -0.39 is 17.7 Å². The molecule has 0 aliphatic heterocycles. The van der Waals surface area contributed by atoms with E-state index in [1.807, 2.05) is 0 Å². The Bertz CT molecular complexity index is 898. The highest BCUT2D eigenvalue weighted by Gasteiger charge is 2.31. The van der Waals surface area contributed by atoms with Gasteiger partial charge in [-0.1, -0.05) is 11.6 Å². The molecule has 0 aliphatic rings. The minimum Gasteiger partial charge on any atom is -0.455 e. The number of halogens is 4. The van der Waals surface area contributed by atoms with Crippen LogP contribution in [-0.2, 0) is 6.18 Å². The Hall–Kier alpha value is -2.94. The number of nitrogens with zero attached hydrogens (tertiary/aromatic N) is 2. The van der Waals surface area contributed by atoms with Crippen LogP contribution < -0.4 is 21.9 Å². The Morgan fingerprint density at radius 2 is 1.63 bits per heavy atom. The Labute approximate surface area is 158 Å². The van der Waals surface area contributed by atoms with Crippen molar-refractivity contribution in [3.63, 3.8) is 0 Å². The first kappa shape index (κ1) is 20.4. The molecule has 10 heteroatoms. The average Bonchev–Trinajstić information content (AvgIpc) is 2.52. The van der Waals surface area contributed by atoms with Crippen LogP contribution in [0, 0.1) is 13.8 Å². The summed E-state index contributed by atoms with van der Waals surface area (Å²) in [6.45, 7) is 3.56. The van der Waals surface area contributed by atoms with Gasteiger partial charge in [0.1, 0.15) is 11.4 Å². The van der Waals surface area contributed by atoms with Crippen molar-refractivity contribution in [1.29, 1.82) is 0 Å². The highest BCUT2D eigenvalue weighted by Crippen LogP contribution is 2.39. The third kappa shape index (κ3) is 5.27. The highest BCUT2D eigenvalue weighted by atomic mass is 35.5. The van der Waals surface area contributed by atoms with Crippen molar-refractivity contribution in [2.75, 3.05) is 0 Å². The number of aliphatic imine (C=N–C) groups is 2. The lowest BCUT2D eigenvalue weighted by atomic mass is 10.1. The molecule has 144 valence electrons. The Morgan fingerprint density at radius 3 is 2.15 bits per heavy atom. The lowest BCUT2D eigenvalue weighted by molar-refractivity contribution is -0.137. The molecular weight excluding hydrogens is 383 g/mol. The summed E-state index contributed by atoms with van der Waals surface area (Å²) in [5, 5.41) is 0.574. The Kier molecular flexibility index (Phi) is 5.85. The monoisotopic (exact) mass is 399 g/mol. The van der Waals surface area contributed by atoms with E-state index in [-0.39, 0.29) is 17.4 Å². The molecule has 2 aromatic carbocycles. The van der Waals surface area contributed by atoms with Gasteiger partial charge in [0.05, 0.1) is 5.56 Å². The van der Waals surface area contributed by atoms with Crippen molar-refractivity contribution in [2.45, 2.75) is 20.0 Å². The van der Waals surface area contributed by atoms with Gasteiger partial charge in [-0.3, -0.25) is 0 Å². The molecule has 0 unspecified atom stereocenters. The largest absolute Gasteiger partial charge is 0.455 e. The molecule has 0 atom stereocenters. The van der Waals surface area contributed by atoms with E-state index in [1.54, 1.807) is 26.0 Å². The van der Waals surface area contributed by atoms with Gasteiger partial charge in [0.25, 0.3) is 0 Å². The maximum Gasteiger partial charge on any atom is 0.416 e. The van der Waals surface area contributed by atoms with Crippen molar-refractivity contribution in [2.24, 2.45) is 27.2 Å². The summed E-state index contributed by atoms with van der Waals surface area (Å²) in [6, 6.07) is 6.12. The molecule has 6 N–H and O–H groups in total. The fraction of sp³-hybridized carbons (Fsp3) is 0.176. The van der Waals surface area contributed by atoms with Gasteiger partial charge in [0, 0.05) is 5.02 Å². The minimum atomic E-state index is -4.57. The van der Waals surface area contributed by atoms with E-state index in [1.165, 1.54) is 0 Å². The fourth-order valence-corrected chi connectivity index (χ4v) is 2.35. The molecule has 0 fully saturated rings. The molecular formula is C17H17ClF3N5O. The summed E-state index contributed by atoms with van der Waals surface area (Å²) in [5.41, 5.74) is 16.3. The molecule has 0 aromatic heterocycles. The van der Waals surface area contributed by atoms with E-state index in [9.17, 15) is 13.2 Å². The van der Waals surface area contributed by atoms with Crippen LogP contribution in [0.2, 0.25) is 5.02 Å². The van der Waals surface area contributed by atoms with Crippen molar-refractivity contribution < 1.29 is 17.9 Å². The normalized spacial score (nSPS) is 12.0. The molecule has 2 rings (SSSR count). The third-order valence-electron chi connectivity index (χ3n) is 3.40. The molecule has 0 saturated carbocycles. The van der Waals surface area contributed by atoms with Crippen molar-refractivity contribution in [1.82, 2.24) is 0 Å². The van der Waals surface area contributed by atoms with Crippen molar-refractivity contribution in [3.05, 3.63) is 52.0 Å². The number of ether oxygens (including phenoxy) is 1. The van der Waals surface area contributed by atoms with E-state index in [2.05, 4.69) is 9.98 Å². The van der Waals surface area contributed by atoms with E-state index in [0.29, 0.717) is 10.8 Å². The number of rotatable bonds is 3. The van der Waals surface area contributed by atoms with Gasteiger partial charge in [-0.25, -0.2) is 4.99 Å². The maximum absolute atomic E-state index is 13.0. The smallest absolute Gasteiger partial charge is 0.416 e. The van der Waals surface area contributed by atoms with Crippen LogP contribution in [0.1, 0.15) is 16.7 Å². The molecule has 2 aromatic rings. The lowest BCUT2D eigenvalue weighted by Crippen LogP contribution is -2.26. The summed E-state index contributed by atoms with van der Waals surface area (Å²) in [4.78, 5) is 7.33. The lowest BCUT2D eigenvalue weighted by Gasteiger charge is -2.14. The number of benzene rings is 2. The van der Waals surface area contributed by atoms with Gasteiger partial charge in [-0.15, -0.1) is 0 Å². The molecule has 27 heavy (non-hydrogen) atoms. The molecule has 0 amide bonds. The standard InChI is InChI=1S/C17H17ClF3N5O/c1-8-5-11(6-9(2)14(8)18)27-13-4-3-10(17(19,20)21)7-12(13)25-16(24)26-15(22)23/h3-7H,1-2H3,(H6,22,23,24,25,26). The van der Waals surface area contributed by atoms with Crippen LogP contribution in [0.15, 0.2) is 40.3 Å². The number of hydrogen-bond acceptors (Lipinski definition) is 2. The number of aryl methyl sites for hydroxylation is 2. The molecule has 0 spiro atoms. The number of guanidine groups is 2. The molecule has 0 radical (unpaired) electrons. The predicted molar refractivity (Wildman–Crippen MR) is 99.5 cm³/mol. The second-order valence-electron chi connectivity index (χ2n) is 5.66. The van der Waals surface area contributed by atoms with Crippen LogP contribution in [0.3, 0.4) is 0 Å². The third-order valence-corrected chi connectivity index (χ3v) is 4.00. The molecule has 0 heterocycles. The number of hydrogen-bond donors (Lipinski definition) is 3. The van der Waals surface area contributed by atoms with Crippen molar-refractivity contribution >= 4 is 29.2 Å². The van der Waals surface area contributed by atoms with Crippen LogP contribution in [0.4, 0.5) is 18.9 Å². The zero-order chi connectivity index (χ0) is 20.4. The van der Waals surface area contributed by atoms with Gasteiger partial charge in [-0.2, -0.15) is 18.2 Å². The van der Waals surface area contributed by atoms with Crippen molar-refractivity contribution in [3.8, 4) is 11.5 Å². The quantitative estimate of drug-likeness (QED) is 0.535. The molecule has 0 aliphatic carbocycles. The molecule has 6 nitrogen and oxygen atoms in total. The van der Waals surface area contributed by atoms with E-state index in [4.69, 9.17) is 33.5 Å². The molecule has 0 saturated heterocycles. The summed E-state index contributed by atoms with van der Waals surface area (Å²) >= 11 is 6.11. The second-order valence-corrected chi connectivity index (χ2v) is 6.04. The van der Waals surface area contributed by atoms with Gasteiger partial charge >= 0.3 is 6.18 Å². The first-order valence-corrected chi connectivity index (χ1v) is 7.95. The van der Waals surface area contributed by atoms with Gasteiger partial charge in [0.15, 0.2) is 11.7 Å². The second kappa shape index (κ2) is 7.75.